The third-order valence-electron chi connectivity index (χ3n) is 11.5. The van der Waals surface area contributed by atoms with Crippen molar-refractivity contribution in [1.29, 1.82) is 0 Å². The molecule has 0 heterocycles. The lowest BCUT2D eigenvalue weighted by atomic mass is 10.0. The van der Waals surface area contributed by atoms with Gasteiger partial charge in [-0.3, -0.25) is 4.55 Å². The Bertz CT molecular complexity index is 1340. The van der Waals surface area contributed by atoms with Crippen LogP contribution in [-0.2, 0) is 19.6 Å². The van der Waals surface area contributed by atoms with Crippen LogP contribution in [0.25, 0.3) is 0 Å². The second-order valence-corrected chi connectivity index (χ2v) is 18.5. The van der Waals surface area contributed by atoms with Gasteiger partial charge in [0.2, 0.25) is 0 Å². The molecule has 0 saturated carbocycles. The molecule has 0 saturated heterocycles. The zero-order valence-electron chi connectivity index (χ0n) is 38.7. The van der Waals surface area contributed by atoms with Crippen molar-refractivity contribution in [1.82, 2.24) is 0 Å². The van der Waals surface area contributed by atoms with Crippen LogP contribution < -0.4 is 0 Å². The lowest BCUT2D eigenvalue weighted by molar-refractivity contribution is 0.0446. The maximum absolute atomic E-state index is 13.1. The Morgan fingerprint density at radius 1 is 0.450 bits per heavy atom. The molecule has 60 heavy (non-hydrogen) atoms. The predicted octanol–water partition coefficient (Wildman–Crippen LogP) is 16.4. The number of unbranched alkanes of at least 4 members (excludes halogenated alkanes) is 32. The van der Waals surface area contributed by atoms with E-state index in [1.165, 1.54) is 166 Å². The molecule has 0 aliphatic carbocycles. The Hall–Kier alpha value is -2.45. The highest BCUT2D eigenvalue weighted by molar-refractivity contribution is 7.86. The summed E-state index contributed by atoms with van der Waals surface area (Å²) in [6.07, 6.45) is 53.6. The van der Waals surface area contributed by atoms with E-state index >= 15 is 0 Å². The number of hydrogen-bond acceptors (Lipinski definition) is 6. The molecular formula is C52H90O7S. The number of allylic oxidation sites excluding steroid dienone is 4. The van der Waals surface area contributed by atoms with Crippen molar-refractivity contribution < 1.29 is 32.0 Å². The van der Waals surface area contributed by atoms with Gasteiger partial charge in [-0.1, -0.05) is 211 Å². The quantitative estimate of drug-likeness (QED) is 0.0302. The first-order valence-corrected chi connectivity index (χ1v) is 26.5. The van der Waals surface area contributed by atoms with Crippen molar-refractivity contribution in [3.8, 4) is 0 Å². The minimum Gasteiger partial charge on any atom is -0.462 e. The molecule has 1 rings (SSSR count). The zero-order valence-corrected chi connectivity index (χ0v) is 39.5. The Morgan fingerprint density at radius 3 is 1.08 bits per heavy atom. The first-order chi connectivity index (χ1) is 29.3. The molecule has 0 aliphatic rings. The molecule has 1 aromatic rings. The molecule has 0 bridgehead atoms. The van der Waals surface area contributed by atoms with Gasteiger partial charge in [0.15, 0.2) is 0 Å². The zero-order chi connectivity index (χ0) is 43.6. The van der Waals surface area contributed by atoms with E-state index in [0.717, 1.165) is 70.3 Å². The van der Waals surface area contributed by atoms with Gasteiger partial charge >= 0.3 is 11.9 Å². The molecule has 0 aliphatic heterocycles. The summed E-state index contributed by atoms with van der Waals surface area (Å²) in [5, 5.41) is 0. The van der Waals surface area contributed by atoms with Gasteiger partial charge in [-0.05, 0) is 76.3 Å². The number of esters is 2. The van der Waals surface area contributed by atoms with Crippen LogP contribution in [-0.4, -0.2) is 38.1 Å². The normalized spacial score (nSPS) is 11.9. The summed E-state index contributed by atoms with van der Waals surface area (Å²) in [5.41, 5.74) is -0.692. The maximum Gasteiger partial charge on any atom is 0.340 e. The van der Waals surface area contributed by atoms with Gasteiger partial charge in [0, 0.05) is 0 Å². The van der Waals surface area contributed by atoms with Gasteiger partial charge in [0.1, 0.15) is 4.90 Å². The number of carbonyl (C=O) groups is 2. The summed E-state index contributed by atoms with van der Waals surface area (Å²) >= 11 is 0. The molecule has 1 N–H and O–H groups in total. The van der Waals surface area contributed by atoms with Gasteiger partial charge in [-0.2, -0.15) is 8.42 Å². The third kappa shape index (κ3) is 32.3. The number of carbonyl (C=O) groups excluding carboxylic acids is 2. The summed E-state index contributed by atoms with van der Waals surface area (Å²) in [6, 6.07) is 3.75. The molecule has 0 unspecified atom stereocenters. The predicted molar refractivity (Wildman–Crippen MR) is 253 cm³/mol. The SMILES string of the molecule is CCCCCCCCCCCCCC/C=C/CCCCCCOC(=O)c1cccc(S(=O)(=O)O)c1C(=O)OCCCCCC/C=C/CCCCCCCCCCCCCC. The highest BCUT2D eigenvalue weighted by Crippen LogP contribution is 2.23. The number of benzene rings is 1. The fourth-order valence-electron chi connectivity index (χ4n) is 7.72. The fourth-order valence-corrected chi connectivity index (χ4v) is 8.42. The molecule has 346 valence electrons. The average Bonchev–Trinajstić information content (AvgIpc) is 3.24. The Kier molecular flexibility index (Phi) is 37.6. The number of rotatable bonds is 43. The van der Waals surface area contributed by atoms with Crippen LogP contribution >= 0.6 is 0 Å². The van der Waals surface area contributed by atoms with E-state index in [1.807, 2.05) is 0 Å². The van der Waals surface area contributed by atoms with Crippen LogP contribution in [0.1, 0.15) is 266 Å². The van der Waals surface area contributed by atoms with Crippen molar-refractivity contribution in [2.45, 2.75) is 250 Å². The van der Waals surface area contributed by atoms with Crippen LogP contribution in [0, 0.1) is 0 Å². The smallest absolute Gasteiger partial charge is 0.340 e. The Labute approximate surface area is 369 Å². The molecule has 0 amide bonds. The maximum atomic E-state index is 13.1. The largest absolute Gasteiger partial charge is 0.462 e. The van der Waals surface area contributed by atoms with Gasteiger partial charge in [0.25, 0.3) is 10.1 Å². The molecule has 0 radical (unpaired) electrons. The molecule has 0 fully saturated rings. The lowest BCUT2D eigenvalue weighted by Crippen LogP contribution is -2.19. The molecule has 0 atom stereocenters. The second kappa shape index (κ2) is 40.6. The first kappa shape index (κ1) is 55.6. The van der Waals surface area contributed by atoms with Gasteiger partial charge in [-0.25, -0.2) is 9.59 Å². The summed E-state index contributed by atoms with van der Waals surface area (Å²) in [5.74, 6) is -1.76. The van der Waals surface area contributed by atoms with Crippen LogP contribution in [0.4, 0.5) is 0 Å². The van der Waals surface area contributed by atoms with Gasteiger partial charge in [-0.15, -0.1) is 0 Å². The number of hydrogen-bond donors (Lipinski definition) is 1. The van der Waals surface area contributed by atoms with Gasteiger partial charge < -0.3 is 9.47 Å². The highest BCUT2D eigenvalue weighted by Gasteiger charge is 2.28. The lowest BCUT2D eigenvalue weighted by Gasteiger charge is -2.13. The summed E-state index contributed by atoms with van der Waals surface area (Å²) in [7, 11) is -4.78. The highest BCUT2D eigenvalue weighted by atomic mass is 32.2. The molecule has 7 nitrogen and oxygen atoms in total. The Morgan fingerprint density at radius 2 is 0.750 bits per heavy atom. The van der Waals surface area contributed by atoms with Gasteiger partial charge in [0.05, 0.1) is 24.3 Å². The molecule has 0 aromatic heterocycles. The topological polar surface area (TPSA) is 107 Å². The summed E-state index contributed by atoms with van der Waals surface area (Å²) in [4.78, 5) is 25.4. The molecular weight excluding hydrogens is 769 g/mol. The van der Waals surface area contributed by atoms with E-state index in [-0.39, 0.29) is 18.8 Å². The van der Waals surface area contributed by atoms with Crippen LogP contribution in [0.3, 0.4) is 0 Å². The second-order valence-electron chi connectivity index (χ2n) is 17.1. The fraction of sp³-hybridized carbons (Fsp3) is 0.769. The van der Waals surface area contributed by atoms with Crippen LogP contribution in [0.2, 0.25) is 0 Å². The van der Waals surface area contributed by atoms with Crippen molar-refractivity contribution in [2.75, 3.05) is 13.2 Å². The number of ether oxygens (including phenoxy) is 2. The standard InChI is InChI=1S/C52H90O7S/c1-3-5-7-9-11-13-15-17-19-21-23-25-27-29-31-33-35-37-39-41-46-58-51(53)48-44-43-45-49(60(55,56)57)50(48)52(54)59-47-42-40-38-36-34-32-30-28-26-24-22-20-18-16-14-12-10-8-6-4-2/h29-32,43-45H,3-28,33-42,46-47H2,1-2H3,(H,55,56,57)/b31-29+,32-30+. The van der Waals surface area contributed by atoms with E-state index in [0.29, 0.717) is 12.8 Å². The van der Waals surface area contributed by atoms with E-state index in [9.17, 15) is 22.6 Å². The average molecular weight is 859 g/mol. The van der Waals surface area contributed by atoms with Crippen molar-refractivity contribution in [3.63, 3.8) is 0 Å². The molecule has 0 spiro atoms. The molecule has 1 aromatic carbocycles. The first-order valence-electron chi connectivity index (χ1n) is 25.1. The third-order valence-corrected chi connectivity index (χ3v) is 12.4. The van der Waals surface area contributed by atoms with E-state index in [4.69, 9.17) is 9.47 Å². The minimum absolute atomic E-state index is 0.0938. The van der Waals surface area contributed by atoms with Crippen molar-refractivity contribution in [3.05, 3.63) is 53.6 Å². The monoisotopic (exact) mass is 859 g/mol. The van der Waals surface area contributed by atoms with Crippen LogP contribution in [0.5, 0.6) is 0 Å². The van der Waals surface area contributed by atoms with E-state index < -0.39 is 32.5 Å². The van der Waals surface area contributed by atoms with Crippen molar-refractivity contribution in [2.24, 2.45) is 0 Å². The summed E-state index contributed by atoms with van der Waals surface area (Å²) in [6.45, 7) is 4.79. The van der Waals surface area contributed by atoms with E-state index in [1.54, 1.807) is 0 Å². The Balaban J connectivity index is 2.18. The molecule has 8 heteroatoms. The van der Waals surface area contributed by atoms with Crippen molar-refractivity contribution >= 4 is 22.1 Å². The van der Waals surface area contributed by atoms with Crippen LogP contribution in [0.15, 0.2) is 47.4 Å². The summed E-state index contributed by atoms with van der Waals surface area (Å²) < 4.78 is 44.9. The minimum atomic E-state index is -4.78. The van der Waals surface area contributed by atoms with E-state index in [2.05, 4.69) is 38.2 Å².